The average Bonchev–Trinajstić information content (AvgIpc) is 3.57. The molecule has 0 aromatic heterocycles. The molecule has 0 bridgehead atoms. The number of hydrogen-bond acceptors (Lipinski definition) is 3. The number of benzene rings is 6. The molecule has 0 radical (unpaired) electrons. The number of aliphatic imine (C=N–C) groups is 1. The van der Waals surface area contributed by atoms with E-state index in [2.05, 4.69) is 145 Å². The second-order valence-electron chi connectivity index (χ2n) is 11.5. The fraction of sp³-hybridized carbons (Fsp3) is 0.125. The van der Waals surface area contributed by atoms with E-state index in [9.17, 15) is 0 Å². The van der Waals surface area contributed by atoms with Crippen LogP contribution in [0.1, 0.15) is 40.6 Å². The second kappa shape index (κ2) is 10.9. The van der Waals surface area contributed by atoms with E-state index >= 15 is 0 Å². The van der Waals surface area contributed by atoms with Gasteiger partial charge in [-0.05, 0) is 74.8 Å². The van der Waals surface area contributed by atoms with E-state index in [1.54, 1.807) is 0 Å². The van der Waals surface area contributed by atoms with Gasteiger partial charge in [-0.15, -0.1) is 0 Å². The van der Waals surface area contributed by atoms with Gasteiger partial charge in [0.1, 0.15) is 12.4 Å². The molecule has 43 heavy (non-hydrogen) atoms. The lowest BCUT2D eigenvalue weighted by atomic mass is 9.77. The summed E-state index contributed by atoms with van der Waals surface area (Å²) in [5.41, 5.74) is 7.04. The standard InChI is InChI=1S/C40H32N2O/c1-3-13-32-27(9-1)11-7-12-30(32)26-43-39-24-21-28-10-2-4-14-33(28)37(39)25-41-31-22-19-29(20-23-31)40-36-17-8-16-34(36)35-15-5-6-18-38(35)42-40/h1-16,18-25,34,36,40,42H,17,26H2/t34-,36-,40-/m1/s1. The molecule has 0 unspecified atom stereocenters. The summed E-state index contributed by atoms with van der Waals surface area (Å²) in [7, 11) is 0. The van der Waals surface area contributed by atoms with Gasteiger partial charge in [-0.2, -0.15) is 0 Å². The van der Waals surface area contributed by atoms with Gasteiger partial charge in [-0.25, -0.2) is 0 Å². The van der Waals surface area contributed by atoms with Crippen LogP contribution in [-0.4, -0.2) is 6.21 Å². The summed E-state index contributed by atoms with van der Waals surface area (Å²) in [5, 5.41) is 8.57. The first-order valence-electron chi connectivity index (χ1n) is 15.1. The zero-order valence-electron chi connectivity index (χ0n) is 23.9. The van der Waals surface area contributed by atoms with Crippen molar-refractivity contribution in [2.75, 3.05) is 5.32 Å². The highest BCUT2D eigenvalue weighted by Gasteiger charge is 2.37. The maximum absolute atomic E-state index is 6.49. The molecule has 1 heterocycles. The third-order valence-corrected chi connectivity index (χ3v) is 9.06. The molecule has 0 fully saturated rings. The fourth-order valence-corrected chi connectivity index (χ4v) is 6.89. The summed E-state index contributed by atoms with van der Waals surface area (Å²) >= 11 is 0. The third-order valence-electron chi connectivity index (χ3n) is 9.06. The van der Waals surface area contributed by atoms with Gasteiger partial charge in [-0.1, -0.05) is 115 Å². The van der Waals surface area contributed by atoms with Crippen LogP contribution in [0.3, 0.4) is 0 Å². The molecule has 6 aromatic carbocycles. The maximum atomic E-state index is 6.49. The number of fused-ring (bicyclic) bond motifs is 5. The monoisotopic (exact) mass is 556 g/mol. The first-order chi connectivity index (χ1) is 21.3. The first kappa shape index (κ1) is 25.6. The minimum Gasteiger partial charge on any atom is -0.488 e. The topological polar surface area (TPSA) is 33.6 Å². The van der Waals surface area contributed by atoms with Gasteiger partial charge in [0.15, 0.2) is 0 Å². The van der Waals surface area contributed by atoms with Crippen molar-refractivity contribution in [2.45, 2.75) is 25.0 Å². The lowest BCUT2D eigenvalue weighted by molar-refractivity contribution is 0.307. The van der Waals surface area contributed by atoms with E-state index in [-0.39, 0.29) is 6.04 Å². The van der Waals surface area contributed by atoms with Crippen LogP contribution in [0.15, 0.2) is 145 Å². The Labute approximate surface area is 252 Å². The molecular formula is C40H32N2O. The van der Waals surface area contributed by atoms with Gasteiger partial charge < -0.3 is 10.1 Å². The SMILES string of the molecule is C1=C[C@@H]2c3ccccc3N[C@H](c3ccc(N=Cc4c(OCc5cccc6ccccc56)ccc5ccccc45)cc3)[C@@H]2C1. The quantitative estimate of drug-likeness (QED) is 0.164. The van der Waals surface area contributed by atoms with Crippen LogP contribution in [0.2, 0.25) is 0 Å². The highest BCUT2D eigenvalue weighted by atomic mass is 16.5. The number of ether oxygens (including phenoxy) is 1. The van der Waals surface area contributed by atoms with Crippen molar-refractivity contribution in [1.82, 2.24) is 0 Å². The number of para-hydroxylation sites is 1. The fourth-order valence-electron chi connectivity index (χ4n) is 6.89. The van der Waals surface area contributed by atoms with Crippen molar-refractivity contribution in [2.24, 2.45) is 10.9 Å². The lowest BCUT2D eigenvalue weighted by Gasteiger charge is -2.37. The third kappa shape index (κ3) is 4.77. The molecule has 8 rings (SSSR count). The number of nitrogens with zero attached hydrogens (tertiary/aromatic N) is 1. The minimum atomic E-state index is 0.278. The van der Waals surface area contributed by atoms with Crippen LogP contribution in [0.4, 0.5) is 11.4 Å². The van der Waals surface area contributed by atoms with E-state index in [4.69, 9.17) is 9.73 Å². The first-order valence-corrected chi connectivity index (χ1v) is 15.1. The van der Waals surface area contributed by atoms with Crippen LogP contribution in [-0.2, 0) is 6.61 Å². The van der Waals surface area contributed by atoms with Crippen LogP contribution in [0.25, 0.3) is 21.5 Å². The molecule has 3 nitrogen and oxygen atoms in total. The van der Waals surface area contributed by atoms with E-state index in [1.807, 2.05) is 6.21 Å². The summed E-state index contributed by atoms with van der Waals surface area (Å²) in [6.07, 6.45) is 7.79. The van der Waals surface area contributed by atoms with Gasteiger partial charge in [-0.3, -0.25) is 4.99 Å². The molecule has 3 atom stereocenters. The molecule has 1 N–H and O–H groups in total. The Morgan fingerprint density at radius 1 is 0.721 bits per heavy atom. The Balaban J connectivity index is 1.07. The molecule has 0 saturated heterocycles. The molecule has 208 valence electrons. The Morgan fingerprint density at radius 2 is 1.47 bits per heavy atom. The Kier molecular flexibility index (Phi) is 6.49. The van der Waals surface area contributed by atoms with Gasteiger partial charge in [0.05, 0.1) is 11.7 Å². The van der Waals surface area contributed by atoms with Crippen molar-refractivity contribution in [3.05, 3.63) is 162 Å². The van der Waals surface area contributed by atoms with Crippen molar-refractivity contribution in [1.29, 1.82) is 0 Å². The van der Waals surface area contributed by atoms with Crippen LogP contribution in [0.5, 0.6) is 5.75 Å². The number of rotatable bonds is 6. The highest BCUT2D eigenvalue weighted by Crippen LogP contribution is 2.49. The number of allylic oxidation sites excluding steroid dienone is 2. The molecular weight excluding hydrogens is 524 g/mol. The zero-order chi connectivity index (χ0) is 28.6. The predicted molar refractivity (Wildman–Crippen MR) is 179 cm³/mol. The molecule has 2 aliphatic rings. The minimum absolute atomic E-state index is 0.278. The summed E-state index contributed by atoms with van der Waals surface area (Å²) in [6.45, 7) is 0.490. The van der Waals surface area contributed by atoms with E-state index in [0.29, 0.717) is 18.4 Å². The molecule has 0 amide bonds. The Morgan fingerprint density at radius 3 is 2.35 bits per heavy atom. The summed E-state index contributed by atoms with van der Waals surface area (Å²) in [4.78, 5) is 4.94. The van der Waals surface area contributed by atoms with Crippen molar-refractivity contribution >= 4 is 39.1 Å². The Hall–Kier alpha value is -5.15. The molecule has 3 heteroatoms. The van der Waals surface area contributed by atoms with E-state index < -0.39 is 0 Å². The zero-order valence-corrected chi connectivity index (χ0v) is 23.9. The highest BCUT2D eigenvalue weighted by molar-refractivity contribution is 6.03. The maximum Gasteiger partial charge on any atom is 0.129 e. The average molecular weight is 557 g/mol. The summed E-state index contributed by atoms with van der Waals surface area (Å²) in [6, 6.07) is 45.2. The largest absolute Gasteiger partial charge is 0.488 e. The van der Waals surface area contributed by atoms with Crippen molar-refractivity contribution in [3.8, 4) is 5.75 Å². The van der Waals surface area contributed by atoms with Crippen LogP contribution in [0, 0.1) is 5.92 Å². The smallest absolute Gasteiger partial charge is 0.129 e. The number of anilines is 1. The molecule has 0 saturated carbocycles. The molecule has 0 spiro atoms. The van der Waals surface area contributed by atoms with Gasteiger partial charge in [0.2, 0.25) is 0 Å². The van der Waals surface area contributed by atoms with Gasteiger partial charge in [0, 0.05) is 23.4 Å². The lowest BCUT2D eigenvalue weighted by Crippen LogP contribution is -2.28. The normalized spacial score (nSPS) is 18.9. The van der Waals surface area contributed by atoms with Crippen LogP contribution >= 0.6 is 0 Å². The molecule has 1 aliphatic carbocycles. The predicted octanol–water partition coefficient (Wildman–Crippen LogP) is 10.1. The number of nitrogens with one attached hydrogen (secondary N) is 1. The van der Waals surface area contributed by atoms with E-state index in [1.165, 1.54) is 38.5 Å². The Bertz CT molecular complexity index is 2000. The summed E-state index contributed by atoms with van der Waals surface area (Å²) < 4.78 is 6.49. The molecule has 6 aromatic rings. The molecule has 1 aliphatic heterocycles. The van der Waals surface area contributed by atoms with E-state index in [0.717, 1.165) is 28.8 Å². The van der Waals surface area contributed by atoms with Gasteiger partial charge >= 0.3 is 0 Å². The van der Waals surface area contributed by atoms with Crippen LogP contribution < -0.4 is 10.1 Å². The number of hydrogen-bond donors (Lipinski definition) is 1. The van der Waals surface area contributed by atoms with Gasteiger partial charge in [0.25, 0.3) is 0 Å². The van der Waals surface area contributed by atoms with Crippen molar-refractivity contribution < 1.29 is 4.74 Å². The second-order valence-corrected chi connectivity index (χ2v) is 11.5. The summed E-state index contributed by atoms with van der Waals surface area (Å²) in [5.74, 6) is 1.83. The van der Waals surface area contributed by atoms with Crippen molar-refractivity contribution in [3.63, 3.8) is 0 Å².